The number of aromatic nitrogens is 3. The maximum atomic E-state index is 10.0. The molecule has 0 amide bonds. The molecule has 0 bridgehead atoms. The van der Waals surface area contributed by atoms with Crippen LogP contribution in [0.4, 0.5) is 5.95 Å². The number of fused-ring (bicyclic) bond motifs is 1. The summed E-state index contributed by atoms with van der Waals surface area (Å²) in [7, 11) is 1.70. The van der Waals surface area contributed by atoms with Gasteiger partial charge in [-0.25, -0.2) is 4.98 Å². The number of nitrogens with zero attached hydrogens (tertiary/aromatic N) is 4. The van der Waals surface area contributed by atoms with Crippen LogP contribution < -0.4 is 10.6 Å². The minimum Gasteiger partial charge on any atom is -0.393 e. The van der Waals surface area contributed by atoms with E-state index >= 15 is 0 Å². The van der Waals surface area contributed by atoms with Crippen molar-refractivity contribution in [3.63, 3.8) is 0 Å². The van der Waals surface area contributed by atoms with E-state index in [1.165, 1.54) is 11.1 Å². The SMILES string of the molecule is COC[C@H](C)Nc1ncc2c(-c3ccc(CN4CCNCC4)cc3)cn([C@H]3CC[C@H](O)CC3)c2n1. The number of methoxy groups -OCH3 is 1. The lowest BCUT2D eigenvalue weighted by atomic mass is 9.93. The summed E-state index contributed by atoms with van der Waals surface area (Å²) in [5.41, 5.74) is 4.64. The number of rotatable bonds is 8. The van der Waals surface area contributed by atoms with Crippen molar-refractivity contribution in [2.24, 2.45) is 0 Å². The quantitative estimate of drug-likeness (QED) is 0.457. The molecule has 8 nitrogen and oxygen atoms in total. The van der Waals surface area contributed by atoms with Gasteiger partial charge >= 0.3 is 0 Å². The van der Waals surface area contributed by atoms with Crippen molar-refractivity contribution in [1.82, 2.24) is 24.8 Å². The molecule has 0 unspecified atom stereocenters. The fourth-order valence-corrected chi connectivity index (χ4v) is 5.37. The minimum absolute atomic E-state index is 0.119. The first kappa shape index (κ1) is 24.2. The zero-order valence-corrected chi connectivity index (χ0v) is 20.9. The second kappa shape index (κ2) is 11.0. The molecule has 0 radical (unpaired) electrons. The summed E-state index contributed by atoms with van der Waals surface area (Å²) in [6.45, 7) is 7.98. The largest absolute Gasteiger partial charge is 0.393 e. The molecule has 1 saturated carbocycles. The Morgan fingerprint density at radius 1 is 1.14 bits per heavy atom. The molecule has 35 heavy (non-hydrogen) atoms. The number of hydrogen-bond acceptors (Lipinski definition) is 7. The van der Waals surface area contributed by atoms with E-state index in [0.29, 0.717) is 18.6 Å². The van der Waals surface area contributed by atoms with E-state index in [-0.39, 0.29) is 12.1 Å². The molecule has 0 spiro atoms. The summed E-state index contributed by atoms with van der Waals surface area (Å²) >= 11 is 0. The third-order valence-corrected chi connectivity index (χ3v) is 7.30. The van der Waals surface area contributed by atoms with Crippen molar-refractivity contribution in [2.75, 3.05) is 45.2 Å². The summed E-state index contributed by atoms with van der Waals surface area (Å²) in [6, 6.07) is 9.41. The van der Waals surface area contributed by atoms with Crippen molar-refractivity contribution in [1.29, 1.82) is 0 Å². The van der Waals surface area contributed by atoms with Gasteiger partial charge in [0.15, 0.2) is 0 Å². The van der Waals surface area contributed by atoms with Crippen LogP contribution in [0, 0.1) is 0 Å². The van der Waals surface area contributed by atoms with Crippen molar-refractivity contribution < 1.29 is 9.84 Å². The van der Waals surface area contributed by atoms with Crippen LogP contribution in [0.2, 0.25) is 0 Å². The maximum Gasteiger partial charge on any atom is 0.224 e. The fraction of sp³-hybridized carbons (Fsp3) is 0.556. The Balaban J connectivity index is 1.45. The van der Waals surface area contributed by atoms with Gasteiger partial charge in [-0.05, 0) is 43.7 Å². The predicted octanol–water partition coefficient (Wildman–Crippen LogP) is 3.43. The number of anilines is 1. The van der Waals surface area contributed by atoms with Crippen LogP contribution in [0.5, 0.6) is 0 Å². The molecule has 2 fully saturated rings. The molecule has 5 rings (SSSR count). The Morgan fingerprint density at radius 2 is 1.89 bits per heavy atom. The molecule has 1 aromatic carbocycles. The van der Waals surface area contributed by atoms with Crippen LogP contribution in [0.1, 0.15) is 44.2 Å². The van der Waals surface area contributed by atoms with E-state index in [2.05, 4.69) is 62.5 Å². The van der Waals surface area contributed by atoms with E-state index in [1.54, 1.807) is 7.11 Å². The highest BCUT2D eigenvalue weighted by Gasteiger charge is 2.24. The molecule has 1 atom stereocenters. The van der Waals surface area contributed by atoms with Crippen LogP contribution in [-0.4, -0.2) is 76.6 Å². The summed E-state index contributed by atoms with van der Waals surface area (Å²) in [5.74, 6) is 0.621. The van der Waals surface area contributed by atoms with Gasteiger partial charge < -0.3 is 25.0 Å². The van der Waals surface area contributed by atoms with Crippen molar-refractivity contribution >= 4 is 17.0 Å². The molecule has 2 aromatic heterocycles. The van der Waals surface area contributed by atoms with E-state index in [0.717, 1.165) is 75.0 Å². The van der Waals surface area contributed by atoms with Gasteiger partial charge in [-0.3, -0.25) is 4.90 Å². The van der Waals surface area contributed by atoms with Gasteiger partial charge in [0.2, 0.25) is 5.95 Å². The molecule has 3 aromatic rings. The highest BCUT2D eigenvalue weighted by Crippen LogP contribution is 2.36. The second-order valence-electron chi connectivity index (χ2n) is 10.1. The van der Waals surface area contributed by atoms with E-state index < -0.39 is 0 Å². The lowest BCUT2D eigenvalue weighted by molar-refractivity contribution is 0.111. The van der Waals surface area contributed by atoms with Gasteiger partial charge in [0, 0.05) is 75.3 Å². The number of benzene rings is 1. The van der Waals surface area contributed by atoms with Crippen LogP contribution in [0.15, 0.2) is 36.7 Å². The first-order valence-corrected chi connectivity index (χ1v) is 12.9. The van der Waals surface area contributed by atoms with Crippen LogP contribution in [0.25, 0.3) is 22.2 Å². The zero-order valence-electron chi connectivity index (χ0n) is 20.9. The van der Waals surface area contributed by atoms with Gasteiger partial charge in [-0.1, -0.05) is 24.3 Å². The molecule has 3 heterocycles. The van der Waals surface area contributed by atoms with Crippen LogP contribution in [0.3, 0.4) is 0 Å². The predicted molar refractivity (Wildman–Crippen MR) is 140 cm³/mol. The lowest BCUT2D eigenvalue weighted by Gasteiger charge is -2.27. The van der Waals surface area contributed by atoms with E-state index in [4.69, 9.17) is 9.72 Å². The normalized spacial score (nSPS) is 22.4. The second-order valence-corrected chi connectivity index (χ2v) is 10.1. The number of piperazine rings is 1. The smallest absolute Gasteiger partial charge is 0.224 e. The molecule has 1 aliphatic heterocycles. The lowest BCUT2D eigenvalue weighted by Crippen LogP contribution is -2.42. The Morgan fingerprint density at radius 3 is 2.60 bits per heavy atom. The van der Waals surface area contributed by atoms with Gasteiger partial charge in [0.05, 0.1) is 12.7 Å². The first-order chi connectivity index (χ1) is 17.1. The number of nitrogens with one attached hydrogen (secondary N) is 2. The summed E-state index contributed by atoms with van der Waals surface area (Å²) < 4.78 is 7.58. The molecule has 1 saturated heterocycles. The number of ether oxygens (including phenoxy) is 1. The fourth-order valence-electron chi connectivity index (χ4n) is 5.37. The summed E-state index contributed by atoms with van der Waals surface area (Å²) in [4.78, 5) is 12.1. The third-order valence-electron chi connectivity index (χ3n) is 7.30. The van der Waals surface area contributed by atoms with Crippen molar-refractivity contribution in [3.05, 3.63) is 42.2 Å². The first-order valence-electron chi connectivity index (χ1n) is 12.9. The monoisotopic (exact) mass is 478 g/mol. The van der Waals surface area contributed by atoms with Gasteiger partial charge in [0.25, 0.3) is 0 Å². The average Bonchev–Trinajstić information content (AvgIpc) is 3.24. The molecule has 8 heteroatoms. The van der Waals surface area contributed by atoms with Crippen molar-refractivity contribution in [2.45, 2.75) is 57.3 Å². The van der Waals surface area contributed by atoms with Gasteiger partial charge in [0.1, 0.15) is 5.65 Å². The zero-order chi connectivity index (χ0) is 24.2. The summed E-state index contributed by atoms with van der Waals surface area (Å²) in [6.07, 6.45) is 7.60. The average molecular weight is 479 g/mol. The van der Waals surface area contributed by atoms with Crippen LogP contribution in [-0.2, 0) is 11.3 Å². The molecule has 2 aliphatic rings. The number of hydrogen-bond donors (Lipinski definition) is 3. The van der Waals surface area contributed by atoms with E-state index in [1.807, 2.05) is 6.20 Å². The molecule has 1 aliphatic carbocycles. The third kappa shape index (κ3) is 5.67. The molecular formula is C27H38N6O2. The standard InChI is InChI=1S/C27H38N6O2/c1-19(18-35-2)30-27-29-15-24-25(17-33(26(24)31-27)22-7-9-23(34)10-8-22)21-5-3-20(4-6-21)16-32-13-11-28-12-14-32/h3-6,15,17,19,22-23,28,34H,7-14,16,18H2,1-2H3,(H,29,30,31)/t19-,22-,23-/m0/s1. The van der Waals surface area contributed by atoms with Crippen molar-refractivity contribution in [3.8, 4) is 11.1 Å². The Kier molecular flexibility index (Phi) is 7.63. The Hall–Kier alpha value is -2.52. The number of aliphatic hydroxyl groups excluding tert-OH is 1. The molecule has 3 N–H and O–H groups in total. The Bertz CT molecular complexity index is 1100. The maximum absolute atomic E-state index is 10.0. The molecular weight excluding hydrogens is 440 g/mol. The van der Waals surface area contributed by atoms with Gasteiger partial charge in [-0.2, -0.15) is 4.98 Å². The topological polar surface area (TPSA) is 87.5 Å². The summed E-state index contributed by atoms with van der Waals surface area (Å²) in [5, 5.41) is 17.9. The Labute approximate surface area is 207 Å². The van der Waals surface area contributed by atoms with Crippen LogP contribution >= 0.6 is 0 Å². The minimum atomic E-state index is -0.183. The van der Waals surface area contributed by atoms with E-state index in [9.17, 15) is 5.11 Å². The number of aliphatic hydroxyl groups is 1. The highest BCUT2D eigenvalue weighted by molar-refractivity contribution is 5.94. The molecule has 188 valence electrons. The van der Waals surface area contributed by atoms with Gasteiger partial charge in [-0.15, -0.1) is 0 Å². The highest BCUT2D eigenvalue weighted by atomic mass is 16.5.